The number of rotatable bonds is 0. The van der Waals surface area contributed by atoms with Crippen LogP contribution in [0.2, 0.25) is 0 Å². The fourth-order valence-corrected chi connectivity index (χ4v) is 0. The van der Waals surface area contributed by atoms with Crippen LogP contribution in [0.1, 0.15) is 0 Å². The summed E-state index contributed by atoms with van der Waals surface area (Å²) in [4.78, 5) is 0. The first-order chi connectivity index (χ1) is 8.00. The van der Waals surface area contributed by atoms with Crippen molar-refractivity contribution in [1.82, 2.24) is 0 Å². The smallest absolute Gasteiger partial charge is 0.870 e. The van der Waals surface area contributed by atoms with E-state index >= 15 is 0 Å². The van der Waals surface area contributed by atoms with Gasteiger partial charge in [0.25, 0.3) is 0 Å². The molecule has 4 N–H and O–H groups in total. The third-order valence-corrected chi connectivity index (χ3v) is 0. The monoisotopic (exact) mass is 1260 g/mol. The van der Waals surface area contributed by atoms with Crippen molar-refractivity contribution in [3.05, 3.63) is 0 Å². The van der Waals surface area contributed by atoms with Gasteiger partial charge in [-0.3, -0.25) is 33.7 Å². The predicted molar refractivity (Wildman–Crippen MR) is 66.9 cm³/mol. The van der Waals surface area contributed by atoms with Gasteiger partial charge < -0.3 is 58.3 Å². The van der Waals surface area contributed by atoms with Crippen LogP contribution >= 0.6 is 0 Å². The second kappa shape index (κ2) is 42.8. The van der Waals surface area contributed by atoms with E-state index in [9.17, 15) is 0 Å². The first kappa shape index (κ1) is 92.9. The Morgan fingerprint density at radius 1 is 0.300 bits per heavy atom. The molecule has 20 nitrogen and oxygen atoms in total. The standard InChI is InChI=1S/3Cu.4H2O4S.4H2O.3Pb/c;;;4*1-5(2,3)4;;;;;;;/h;;;4*(H2,1,2,3,4);4*1H2;;;/q3*+2;;;;;;;;;3*+2/p-12. The van der Waals surface area contributed by atoms with Crippen molar-refractivity contribution in [2.75, 3.05) is 0 Å². The summed E-state index contributed by atoms with van der Waals surface area (Å²) in [6, 6.07) is 0. The van der Waals surface area contributed by atoms with Gasteiger partial charge in [0, 0.05) is 41.6 Å². The predicted octanol–water partition coefficient (Wildman–Crippen LogP) is -7.21. The molecule has 0 amide bonds. The number of hydrogen-bond acceptors (Lipinski definition) is 20. The summed E-state index contributed by atoms with van der Waals surface area (Å²) in [5.41, 5.74) is 0. The van der Waals surface area contributed by atoms with Crippen LogP contribution in [0.25, 0.3) is 0 Å². The molecule has 9 radical (unpaired) electrons. The minimum atomic E-state index is -5.17. The maximum Gasteiger partial charge on any atom is 2.00 e. The number of hydrogen-bond donors (Lipinski definition) is 0. The van der Waals surface area contributed by atoms with E-state index in [0.717, 1.165) is 0 Å². The molecule has 0 aromatic heterocycles. The van der Waals surface area contributed by atoms with E-state index in [1.807, 2.05) is 0 Å². The fourth-order valence-electron chi connectivity index (χ4n) is 0. The van der Waals surface area contributed by atoms with Gasteiger partial charge in [0.15, 0.2) is 0 Å². The van der Waals surface area contributed by atoms with Crippen molar-refractivity contribution < 1.29 is 143 Å². The maximum absolute atomic E-state index is 8.52. The average Bonchev–Trinajstić information content (AvgIpc) is 1.62. The van der Waals surface area contributed by atoms with Crippen LogP contribution in [0.4, 0.5) is 0 Å². The van der Waals surface area contributed by atoms with Crippen molar-refractivity contribution in [3.8, 4) is 0 Å². The Hall–Kier alpha value is 3.64. The van der Waals surface area contributed by atoms with Crippen LogP contribution in [0.15, 0.2) is 0 Å². The van der Waals surface area contributed by atoms with Crippen molar-refractivity contribution in [2.45, 2.75) is 0 Å². The molecule has 0 aliphatic rings. The van der Waals surface area contributed by atoms with Gasteiger partial charge in [0.1, 0.15) is 0 Å². The van der Waals surface area contributed by atoms with Crippen molar-refractivity contribution in [2.24, 2.45) is 0 Å². The Balaban J connectivity index is -0.00000000853. The molecule has 0 atom stereocenters. The molecule has 0 saturated carbocycles. The summed E-state index contributed by atoms with van der Waals surface area (Å²) in [5.74, 6) is 0. The van der Waals surface area contributed by atoms with Crippen LogP contribution in [0.5, 0.6) is 0 Å². The third kappa shape index (κ3) is 2240. The minimum absolute atomic E-state index is 0. The molecule has 0 unspecified atom stereocenters. The Morgan fingerprint density at radius 3 is 0.300 bits per heavy atom. The van der Waals surface area contributed by atoms with Gasteiger partial charge in [-0.15, -0.1) is 0 Å². The van der Waals surface area contributed by atoms with Crippen LogP contribution in [0, 0.1) is 0 Å². The first-order valence-electron chi connectivity index (χ1n) is 2.67. The van der Waals surface area contributed by atoms with E-state index in [1.165, 1.54) is 0 Å². The molecule has 0 saturated heterocycles. The van der Waals surface area contributed by atoms with Gasteiger partial charge in [-0.05, 0) is 0 Å². The summed E-state index contributed by atoms with van der Waals surface area (Å²) in [6.07, 6.45) is 0. The van der Waals surface area contributed by atoms with Crippen LogP contribution < -0.4 is 0 Å². The van der Waals surface area contributed by atoms with E-state index in [1.54, 1.807) is 0 Å². The molecule has 0 aliphatic carbocycles. The summed E-state index contributed by atoms with van der Waals surface area (Å²) < 4.78 is 136. The molecular weight excluding hydrogens is 1260 g/mol. The maximum atomic E-state index is 8.52. The molecule has 0 bridgehead atoms. The summed E-state index contributed by atoms with van der Waals surface area (Å²) >= 11 is 0. The second-order valence-electron chi connectivity index (χ2n) is 1.63. The van der Waals surface area contributed by atoms with Crippen molar-refractivity contribution >= 4 is 123 Å². The van der Waals surface area contributed by atoms with Crippen molar-refractivity contribution in [3.63, 3.8) is 0 Å². The summed E-state index contributed by atoms with van der Waals surface area (Å²) in [7, 11) is -20.7. The zero-order chi connectivity index (χ0) is 18.0. The molecule has 0 heterocycles. The summed E-state index contributed by atoms with van der Waals surface area (Å²) in [5, 5.41) is 0. The molecule has 30 heteroatoms. The van der Waals surface area contributed by atoms with Crippen LogP contribution in [-0.2, 0) is 92.8 Å². The molecule has 0 fully saturated rings. The van der Waals surface area contributed by atoms with E-state index < -0.39 is 41.6 Å². The van der Waals surface area contributed by atoms with Crippen LogP contribution in [0.3, 0.4) is 0 Å². The normalized spacial score (nSPS) is 7.73. The Labute approximate surface area is 262 Å². The van der Waals surface area contributed by atoms with Gasteiger partial charge in [-0.2, -0.15) is 0 Å². The van der Waals surface area contributed by atoms with E-state index in [4.69, 9.17) is 70.1 Å². The Morgan fingerprint density at radius 2 is 0.300 bits per heavy atom. The molecule has 30 heavy (non-hydrogen) atoms. The largest absolute Gasteiger partial charge is 2.00 e. The van der Waals surface area contributed by atoms with Crippen LogP contribution in [-0.4, -0.2) is 174 Å². The van der Waals surface area contributed by atoms with E-state index in [0.29, 0.717) is 0 Å². The fraction of sp³-hybridized carbons (Fsp3) is 0. The first-order valence-corrected chi connectivity index (χ1v) is 8.00. The third-order valence-electron chi connectivity index (χ3n) is 0. The SMILES string of the molecule is O=S(=O)([O-])[O-].O=S(=O)([O-])[O-].O=S(=O)([O-])[O-].O=S(=O)([O-])[O-].[Cu+2].[Cu+2].[Cu+2].[OH-].[OH-].[OH-].[OH-].[Pb+2].[Pb+2].[Pb+2]. The van der Waals surface area contributed by atoms with E-state index in [2.05, 4.69) is 0 Å². The molecule has 0 aromatic carbocycles. The topological polar surface area (TPSA) is 441 Å². The zero-order valence-corrected chi connectivity index (χ0v) is 30.1. The Bertz CT molecular complexity index is 496. The van der Waals surface area contributed by atoms with Gasteiger partial charge in [0.05, 0.1) is 0 Å². The van der Waals surface area contributed by atoms with Gasteiger partial charge in [0.2, 0.25) is 0 Å². The Kier molecular flexibility index (Phi) is 132. The molecule has 193 valence electrons. The zero-order valence-electron chi connectivity index (χ0n) is 12.4. The molecular formula is H4Cu3O20Pb3S4. The molecule has 0 aromatic rings. The average molecular weight is 1260 g/mol. The molecule has 0 spiro atoms. The quantitative estimate of drug-likeness (QED) is 0.124. The minimum Gasteiger partial charge on any atom is -0.870 e. The summed E-state index contributed by atoms with van der Waals surface area (Å²) in [6.45, 7) is 0. The van der Waals surface area contributed by atoms with Gasteiger partial charge in [-0.1, -0.05) is 0 Å². The van der Waals surface area contributed by atoms with Gasteiger partial charge in [-0.25, -0.2) is 0 Å². The van der Waals surface area contributed by atoms with E-state index in [-0.39, 0.29) is 155 Å². The molecule has 0 rings (SSSR count). The second-order valence-corrected chi connectivity index (χ2v) is 4.90. The van der Waals surface area contributed by atoms with Crippen molar-refractivity contribution in [1.29, 1.82) is 0 Å². The molecule has 0 aliphatic heterocycles. The van der Waals surface area contributed by atoms with Gasteiger partial charge >= 0.3 is 133 Å².